The first-order valence-electron chi connectivity index (χ1n) is 7.40. The summed E-state index contributed by atoms with van der Waals surface area (Å²) in [5, 5.41) is 0. The SMILES string of the molecule is COc1cc(CCCN)cc(OCc2ccccc2)c1OC. The third-order valence-electron chi connectivity index (χ3n) is 3.41. The lowest BCUT2D eigenvalue weighted by Crippen LogP contribution is -2.03. The molecule has 2 aromatic carbocycles. The number of methoxy groups -OCH3 is 2. The molecule has 0 saturated carbocycles. The van der Waals surface area contributed by atoms with Crippen LogP contribution in [0, 0.1) is 0 Å². The lowest BCUT2D eigenvalue weighted by atomic mass is 10.1. The van der Waals surface area contributed by atoms with Crippen LogP contribution in [-0.2, 0) is 13.0 Å². The van der Waals surface area contributed by atoms with Crippen molar-refractivity contribution in [3.05, 3.63) is 53.6 Å². The van der Waals surface area contributed by atoms with E-state index in [4.69, 9.17) is 19.9 Å². The molecule has 0 aromatic heterocycles. The van der Waals surface area contributed by atoms with Crippen molar-refractivity contribution in [2.75, 3.05) is 20.8 Å². The van der Waals surface area contributed by atoms with Crippen LogP contribution in [0.25, 0.3) is 0 Å². The molecule has 0 aliphatic heterocycles. The average Bonchev–Trinajstić information content (AvgIpc) is 2.58. The zero-order valence-corrected chi connectivity index (χ0v) is 13.2. The minimum atomic E-state index is 0.487. The fourth-order valence-electron chi connectivity index (χ4n) is 2.28. The van der Waals surface area contributed by atoms with E-state index in [0.29, 0.717) is 30.4 Å². The Labute approximate surface area is 131 Å². The maximum Gasteiger partial charge on any atom is 0.203 e. The summed E-state index contributed by atoms with van der Waals surface area (Å²) in [4.78, 5) is 0. The van der Waals surface area contributed by atoms with Gasteiger partial charge in [0.15, 0.2) is 11.5 Å². The van der Waals surface area contributed by atoms with Gasteiger partial charge in [-0.3, -0.25) is 0 Å². The van der Waals surface area contributed by atoms with Crippen molar-refractivity contribution >= 4 is 0 Å². The van der Waals surface area contributed by atoms with E-state index in [1.807, 2.05) is 42.5 Å². The second-order valence-electron chi connectivity index (χ2n) is 5.00. The molecule has 0 fully saturated rings. The Balaban J connectivity index is 2.22. The normalized spacial score (nSPS) is 10.3. The number of aryl methyl sites for hydroxylation is 1. The van der Waals surface area contributed by atoms with Gasteiger partial charge in [0.25, 0.3) is 0 Å². The molecule has 22 heavy (non-hydrogen) atoms. The van der Waals surface area contributed by atoms with Gasteiger partial charge in [-0.15, -0.1) is 0 Å². The van der Waals surface area contributed by atoms with Gasteiger partial charge < -0.3 is 19.9 Å². The Morgan fingerprint density at radius 2 is 1.64 bits per heavy atom. The molecule has 4 nitrogen and oxygen atoms in total. The minimum Gasteiger partial charge on any atom is -0.493 e. The Kier molecular flexibility index (Phi) is 6.10. The largest absolute Gasteiger partial charge is 0.493 e. The minimum absolute atomic E-state index is 0.487. The van der Waals surface area contributed by atoms with E-state index in [1.165, 1.54) is 0 Å². The van der Waals surface area contributed by atoms with Gasteiger partial charge in [-0.2, -0.15) is 0 Å². The Morgan fingerprint density at radius 1 is 0.909 bits per heavy atom. The van der Waals surface area contributed by atoms with E-state index in [2.05, 4.69) is 0 Å². The predicted molar refractivity (Wildman–Crippen MR) is 87.7 cm³/mol. The van der Waals surface area contributed by atoms with Crippen molar-refractivity contribution in [2.45, 2.75) is 19.4 Å². The smallest absolute Gasteiger partial charge is 0.203 e. The average molecular weight is 301 g/mol. The Bertz CT molecular complexity index is 584. The summed E-state index contributed by atoms with van der Waals surface area (Å²) >= 11 is 0. The maximum absolute atomic E-state index is 5.94. The van der Waals surface area contributed by atoms with Crippen molar-refractivity contribution < 1.29 is 14.2 Å². The van der Waals surface area contributed by atoms with Crippen LogP contribution in [0.4, 0.5) is 0 Å². The molecule has 0 bridgehead atoms. The van der Waals surface area contributed by atoms with E-state index >= 15 is 0 Å². The molecule has 0 aliphatic carbocycles. The standard InChI is InChI=1S/C18H23NO3/c1-20-16-11-15(9-6-10-19)12-17(18(16)21-2)22-13-14-7-4-3-5-8-14/h3-5,7-8,11-12H,6,9-10,13,19H2,1-2H3. The van der Waals surface area contributed by atoms with Crippen molar-refractivity contribution in [1.29, 1.82) is 0 Å². The van der Waals surface area contributed by atoms with Gasteiger partial charge in [-0.1, -0.05) is 30.3 Å². The lowest BCUT2D eigenvalue weighted by Gasteiger charge is -2.16. The van der Waals surface area contributed by atoms with Crippen LogP contribution in [0.3, 0.4) is 0 Å². The fourth-order valence-corrected chi connectivity index (χ4v) is 2.28. The highest BCUT2D eigenvalue weighted by atomic mass is 16.5. The summed E-state index contributed by atoms with van der Waals surface area (Å²) in [6.45, 7) is 1.15. The third kappa shape index (κ3) is 4.15. The van der Waals surface area contributed by atoms with Crippen molar-refractivity contribution in [3.63, 3.8) is 0 Å². The molecule has 118 valence electrons. The van der Waals surface area contributed by atoms with Crippen LogP contribution < -0.4 is 19.9 Å². The lowest BCUT2D eigenvalue weighted by molar-refractivity contribution is 0.275. The summed E-state index contributed by atoms with van der Waals surface area (Å²) < 4.78 is 16.8. The van der Waals surface area contributed by atoms with Crippen LogP contribution in [0.2, 0.25) is 0 Å². The predicted octanol–water partition coefficient (Wildman–Crippen LogP) is 3.17. The zero-order valence-electron chi connectivity index (χ0n) is 13.2. The summed E-state index contributed by atoms with van der Waals surface area (Å²) in [7, 11) is 3.25. The molecule has 0 atom stereocenters. The molecule has 2 N–H and O–H groups in total. The van der Waals surface area contributed by atoms with Gasteiger partial charge >= 0.3 is 0 Å². The second kappa shape index (κ2) is 8.29. The number of rotatable bonds is 8. The molecule has 0 radical (unpaired) electrons. The highest BCUT2D eigenvalue weighted by Gasteiger charge is 2.14. The highest BCUT2D eigenvalue weighted by Crippen LogP contribution is 2.39. The molecule has 0 heterocycles. The fraction of sp³-hybridized carbons (Fsp3) is 0.333. The first kappa shape index (κ1) is 16.2. The van der Waals surface area contributed by atoms with Crippen molar-refractivity contribution in [2.24, 2.45) is 5.73 Å². The molecule has 0 saturated heterocycles. The summed E-state index contributed by atoms with van der Waals surface area (Å²) in [5.74, 6) is 1.99. The third-order valence-corrected chi connectivity index (χ3v) is 3.41. The Morgan fingerprint density at radius 3 is 2.27 bits per heavy atom. The van der Waals surface area contributed by atoms with Gasteiger partial charge in [-0.25, -0.2) is 0 Å². The van der Waals surface area contributed by atoms with E-state index < -0.39 is 0 Å². The number of benzene rings is 2. The van der Waals surface area contributed by atoms with E-state index in [-0.39, 0.29) is 0 Å². The summed E-state index contributed by atoms with van der Waals surface area (Å²) in [6, 6.07) is 14.0. The first-order chi connectivity index (χ1) is 10.8. The van der Waals surface area contributed by atoms with Crippen LogP contribution in [0.5, 0.6) is 17.2 Å². The second-order valence-corrected chi connectivity index (χ2v) is 5.00. The molecule has 4 heteroatoms. The maximum atomic E-state index is 5.94. The molecule has 0 aliphatic rings. The van der Waals surface area contributed by atoms with Gasteiger partial charge in [0.05, 0.1) is 14.2 Å². The van der Waals surface area contributed by atoms with Gasteiger partial charge in [-0.05, 0) is 42.6 Å². The Hall–Kier alpha value is -2.20. The molecule has 2 aromatic rings. The van der Waals surface area contributed by atoms with Crippen LogP contribution in [-0.4, -0.2) is 20.8 Å². The zero-order chi connectivity index (χ0) is 15.8. The van der Waals surface area contributed by atoms with Crippen LogP contribution >= 0.6 is 0 Å². The molecule has 2 rings (SSSR count). The van der Waals surface area contributed by atoms with Crippen molar-refractivity contribution in [1.82, 2.24) is 0 Å². The number of hydrogen-bond acceptors (Lipinski definition) is 4. The first-order valence-corrected chi connectivity index (χ1v) is 7.40. The molecular formula is C18H23NO3. The van der Waals surface area contributed by atoms with Crippen LogP contribution in [0.1, 0.15) is 17.5 Å². The number of nitrogens with two attached hydrogens (primary N) is 1. The number of ether oxygens (including phenoxy) is 3. The molecular weight excluding hydrogens is 278 g/mol. The molecule has 0 amide bonds. The van der Waals surface area contributed by atoms with E-state index in [1.54, 1.807) is 14.2 Å². The van der Waals surface area contributed by atoms with Gasteiger partial charge in [0, 0.05) is 0 Å². The van der Waals surface area contributed by atoms with E-state index in [0.717, 1.165) is 24.0 Å². The van der Waals surface area contributed by atoms with Crippen LogP contribution in [0.15, 0.2) is 42.5 Å². The summed E-state index contributed by atoms with van der Waals surface area (Å²) in [5.41, 5.74) is 7.83. The number of hydrogen-bond donors (Lipinski definition) is 1. The monoisotopic (exact) mass is 301 g/mol. The summed E-state index contributed by atoms with van der Waals surface area (Å²) in [6.07, 6.45) is 1.81. The van der Waals surface area contributed by atoms with Gasteiger partial charge in [0.1, 0.15) is 6.61 Å². The van der Waals surface area contributed by atoms with E-state index in [9.17, 15) is 0 Å². The van der Waals surface area contributed by atoms with Crippen molar-refractivity contribution in [3.8, 4) is 17.2 Å². The van der Waals surface area contributed by atoms with Gasteiger partial charge in [0.2, 0.25) is 5.75 Å². The topological polar surface area (TPSA) is 53.7 Å². The molecule has 0 unspecified atom stereocenters. The molecule has 0 spiro atoms. The highest BCUT2D eigenvalue weighted by molar-refractivity contribution is 5.54. The quantitative estimate of drug-likeness (QED) is 0.813.